The lowest BCUT2D eigenvalue weighted by Gasteiger charge is -2.08. The molecule has 15 heavy (non-hydrogen) atoms. The maximum atomic E-state index is 9.77. The van der Waals surface area contributed by atoms with Gasteiger partial charge in [-0.2, -0.15) is 0 Å². The highest BCUT2D eigenvalue weighted by atomic mass is 16.1. The second-order valence-electron chi connectivity index (χ2n) is 3.34. The van der Waals surface area contributed by atoms with E-state index in [1.807, 2.05) is 0 Å². The highest BCUT2D eigenvalue weighted by Gasteiger charge is 2.00. The molecule has 5 heteroatoms. The first-order chi connectivity index (χ1) is 7.31. The van der Waals surface area contributed by atoms with Crippen LogP contribution in [0.1, 0.15) is 32.1 Å². The number of isocyanates is 2. The molecule has 0 rings (SSSR count). The molecule has 0 aliphatic rings. The number of carbonyl (C=O) groups excluding carboxylic acids is 2. The number of unbranched alkanes of at least 4 members (excludes halogenated alkanes) is 2. The third-order valence-electron chi connectivity index (χ3n) is 2.09. The second kappa shape index (κ2) is 10.8. The van der Waals surface area contributed by atoms with Gasteiger partial charge in [0.15, 0.2) is 0 Å². The Morgan fingerprint density at radius 1 is 0.933 bits per heavy atom. The number of nitrogens with two attached hydrogens (primary N) is 1. The largest absolute Gasteiger partial charge is 0.328 e. The Kier molecular flexibility index (Phi) is 9.88. The lowest BCUT2D eigenvalue weighted by atomic mass is 10.1. The van der Waals surface area contributed by atoms with Crippen LogP contribution in [0.4, 0.5) is 0 Å². The van der Waals surface area contributed by atoms with E-state index in [-0.39, 0.29) is 6.04 Å². The summed E-state index contributed by atoms with van der Waals surface area (Å²) in [6, 6.07) is 0.0941. The zero-order chi connectivity index (χ0) is 11.4. The van der Waals surface area contributed by atoms with Crippen molar-refractivity contribution < 1.29 is 9.59 Å². The molecule has 1 atom stereocenters. The summed E-state index contributed by atoms with van der Waals surface area (Å²) in [7, 11) is 0. The van der Waals surface area contributed by atoms with E-state index in [9.17, 15) is 9.59 Å². The van der Waals surface area contributed by atoms with Gasteiger partial charge in [-0.15, -0.1) is 0 Å². The first-order valence-electron chi connectivity index (χ1n) is 5.14. The highest BCUT2D eigenvalue weighted by Crippen LogP contribution is 2.04. The van der Waals surface area contributed by atoms with E-state index in [0.29, 0.717) is 13.1 Å². The van der Waals surface area contributed by atoms with E-state index >= 15 is 0 Å². The normalized spacial score (nSPS) is 11.3. The van der Waals surface area contributed by atoms with Crippen molar-refractivity contribution in [2.45, 2.75) is 38.1 Å². The van der Waals surface area contributed by atoms with Crippen molar-refractivity contribution in [3.63, 3.8) is 0 Å². The smallest absolute Gasteiger partial charge is 0.234 e. The van der Waals surface area contributed by atoms with Crippen LogP contribution in [0.15, 0.2) is 9.98 Å². The molecule has 0 saturated carbocycles. The fourth-order valence-electron chi connectivity index (χ4n) is 1.24. The third-order valence-corrected chi connectivity index (χ3v) is 2.09. The Morgan fingerprint density at radius 3 is 2.27 bits per heavy atom. The zero-order valence-corrected chi connectivity index (χ0v) is 8.82. The molecule has 0 bridgehead atoms. The van der Waals surface area contributed by atoms with E-state index in [0.717, 1.165) is 32.1 Å². The molecule has 0 aromatic rings. The summed E-state index contributed by atoms with van der Waals surface area (Å²) in [5.41, 5.74) is 5.78. The van der Waals surface area contributed by atoms with Gasteiger partial charge < -0.3 is 5.73 Å². The fraction of sp³-hybridized carbons (Fsp3) is 0.800. The van der Waals surface area contributed by atoms with Crippen LogP contribution in [0.5, 0.6) is 0 Å². The molecule has 2 N–H and O–H groups in total. The van der Waals surface area contributed by atoms with Gasteiger partial charge in [0.05, 0.1) is 13.1 Å². The summed E-state index contributed by atoms with van der Waals surface area (Å²) in [4.78, 5) is 26.4. The molecule has 5 nitrogen and oxygen atoms in total. The van der Waals surface area contributed by atoms with Gasteiger partial charge in [0.1, 0.15) is 0 Å². The van der Waals surface area contributed by atoms with Crippen LogP contribution in [-0.2, 0) is 9.59 Å². The molecule has 0 aliphatic carbocycles. The predicted octanol–water partition coefficient (Wildman–Crippen LogP) is 0.936. The predicted molar refractivity (Wildman–Crippen MR) is 57.0 cm³/mol. The fourth-order valence-corrected chi connectivity index (χ4v) is 1.24. The van der Waals surface area contributed by atoms with Crippen LogP contribution in [0.3, 0.4) is 0 Å². The molecule has 1 unspecified atom stereocenters. The quantitative estimate of drug-likeness (QED) is 0.350. The van der Waals surface area contributed by atoms with E-state index in [1.54, 1.807) is 0 Å². The summed E-state index contributed by atoms with van der Waals surface area (Å²) in [6.07, 6.45) is 7.55. The average molecular weight is 211 g/mol. The first-order valence-corrected chi connectivity index (χ1v) is 5.14. The summed E-state index contributed by atoms with van der Waals surface area (Å²) < 4.78 is 0. The van der Waals surface area contributed by atoms with Gasteiger partial charge >= 0.3 is 0 Å². The Bertz CT molecular complexity index is 243. The Morgan fingerprint density at radius 2 is 1.60 bits per heavy atom. The number of nitrogens with zero attached hydrogens (tertiary/aromatic N) is 2. The highest BCUT2D eigenvalue weighted by molar-refractivity contribution is 5.32. The molecule has 0 spiro atoms. The van der Waals surface area contributed by atoms with Gasteiger partial charge in [-0.05, 0) is 19.3 Å². The lowest BCUT2D eigenvalue weighted by molar-refractivity contribution is 0.525. The molecular weight excluding hydrogens is 194 g/mol. The summed E-state index contributed by atoms with van der Waals surface area (Å²) in [5, 5.41) is 0. The average Bonchev–Trinajstić information content (AvgIpc) is 2.23. The van der Waals surface area contributed by atoms with Gasteiger partial charge in [0.25, 0.3) is 0 Å². The molecule has 0 aromatic carbocycles. The monoisotopic (exact) mass is 211 g/mol. The van der Waals surface area contributed by atoms with Gasteiger partial charge in [0.2, 0.25) is 12.2 Å². The maximum absolute atomic E-state index is 9.77. The minimum Gasteiger partial charge on any atom is -0.328 e. The first kappa shape index (κ1) is 13.7. The lowest BCUT2D eigenvalue weighted by Crippen LogP contribution is -2.20. The summed E-state index contributed by atoms with van der Waals surface area (Å²) in [6.45, 7) is 1.01. The second-order valence-corrected chi connectivity index (χ2v) is 3.34. The van der Waals surface area contributed by atoms with Crippen molar-refractivity contribution in [3.05, 3.63) is 0 Å². The van der Waals surface area contributed by atoms with Gasteiger partial charge in [0, 0.05) is 6.04 Å². The van der Waals surface area contributed by atoms with Crippen molar-refractivity contribution in [1.29, 1.82) is 0 Å². The minimum absolute atomic E-state index is 0.0941. The van der Waals surface area contributed by atoms with Gasteiger partial charge in [-0.3, -0.25) is 0 Å². The topological polar surface area (TPSA) is 84.9 Å². The molecular formula is C10H17N3O2. The van der Waals surface area contributed by atoms with Crippen LogP contribution in [-0.4, -0.2) is 31.3 Å². The Balaban J connectivity index is 3.26. The van der Waals surface area contributed by atoms with Crippen molar-refractivity contribution in [3.8, 4) is 0 Å². The van der Waals surface area contributed by atoms with E-state index < -0.39 is 0 Å². The summed E-state index contributed by atoms with van der Waals surface area (Å²) in [5.74, 6) is 0. The molecule has 0 aliphatic heterocycles. The van der Waals surface area contributed by atoms with Crippen molar-refractivity contribution in [2.24, 2.45) is 15.7 Å². The van der Waals surface area contributed by atoms with Gasteiger partial charge in [-0.25, -0.2) is 19.6 Å². The van der Waals surface area contributed by atoms with Crippen molar-refractivity contribution in [2.75, 3.05) is 13.1 Å². The molecule has 0 heterocycles. The minimum atomic E-state index is 0.0941. The molecule has 0 aromatic heterocycles. The van der Waals surface area contributed by atoms with Crippen LogP contribution < -0.4 is 5.73 Å². The number of rotatable bonds is 9. The van der Waals surface area contributed by atoms with Crippen LogP contribution >= 0.6 is 0 Å². The number of hydrogen-bond donors (Lipinski definition) is 1. The third kappa shape index (κ3) is 10.6. The zero-order valence-electron chi connectivity index (χ0n) is 8.82. The van der Waals surface area contributed by atoms with Crippen molar-refractivity contribution >= 4 is 12.2 Å². The van der Waals surface area contributed by atoms with E-state index in [2.05, 4.69) is 9.98 Å². The van der Waals surface area contributed by atoms with Crippen LogP contribution in [0, 0.1) is 0 Å². The molecule has 0 radical (unpaired) electrons. The molecule has 0 fully saturated rings. The number of aliphatic imine (C=N–C) groups is 2. The Labute approximate surface area is 89.5 Å². The maximum Gasteiger partial charge on any atom is 0.234 e. The molecule has 84 valence electrons. The van der Waals surface area contributed by atoms with Crippen LogP contribution in [0.2, 0.25) is 0 Å². The SMILES string of the molecule is NC(CCCCCN=C=O)CCN=C=O. The standard InChI is InChI=1S/C10H17N3O2/c11-10(5-7-13-9-15)4-2-1-3-6-12-8-14/h10H,1-7,11H2. The summed E-state index contributed by atoms with van der Waals surface area (Å²) >= 11 is 0. The number of hydrogen-bond acceptors (Lipinski definition) is 5. The van der Waals surface area contributed by atoms with Crippen LogP contribution in [0.25, 0.3) is 0 Å². The van der Waals surface area contributed by atoms with E-state index in [4.69, 9.17) is 5.73 Å². The molecule has 0 amide bonds. The van der Waals surface area contributed by atoms with Crippen molar-refractivity contribution in [1.82, 2.24) is 0 Å². The molecule has 0 saturated heterocycles. The van der Waals surface area contributed by atoms with Gasteiger partial charge in [-0.1, -0.05) is 12.8 Å². The Hall–Kier alpha value is -1.28. The van der Waals surface area contributed by atoms with E-state index in [1.165, 1.54) is 12.2 Å².